The SMILES string of the molecule is N#CC1(c2ccc3cn[nH]c3c2)CCC(=O)CC1. The fraction of sp³-hybridized carbons (Fsp3) is 0.357. The fourth-order valence-corrected chi connectivity index (χ4v) is 2.66. The average molecular weight is 239 g/mol. The minimum Gasteiger partial charge on any atom is -0.300 e. The maximum Gasteiger partial charge on any atom is 0.133 e. The van der Waals surface area contributed by atoms with Gasteiger partial charge >= 0.3 is 0 Å². The van der Waals surface area contributed by atoms with E-state index in [0.717, 1.165) is 16.5 Å². The number of carbonyl (C=O) groups excluding carboxylic acids is 1. The predicted octanol–water partition coefficient (Wildman–Crippen LogP) is 2.47. The normalized spacial score (nSPS) is 18.7. The number of Topliss-reactive ketones (excluding diaryl/α,β-unsaturated/α-hetero) is 1. The summed E-state index contributed by atoms with van der Waals surface area (Å²) in [7, 11) is 0. The van der Waals surface area contributed by atoms with Gasteiger partial charge in [-0.3, -0.25) is 9.89 Å². The van der Waals surface area contributed by atoms with E-state index in [-0.39, 0.29) is 5.78 Å². The number of ketones is 1. The van der Waals surface area contributed by atoms with Crippen LogP contribution >= 0.6 is 0 Å². The van der Waals surface area contributed by atoms with Gasteiger partial charge in [-0.1, -0.05) is 12.1 Å². The standard InChI is InChI=1S/C14H13N3O/c15-9-14(5-3-12(18)4-6-14)11-2-1-10-8-16-17-13(10)7-11/h1-2,7-8H,3-6H2,(H,16,17). The third-order valence-electron chi connectivity index (χ3n) is 3.87. The van der Waals surface area contributed by atoms with E-state index in [1.165, 1.54) is 0 Å². The monoisotopic (exact) mass is 239 g/mol. The fourth-order valence-electron chi connectivity index (χ4n) is 2.66. The molecule has 0 aliphatic heterocycles. The van der Waals surface area contributed by atoms with Crippen molar-refractivity contribution >= 4 is 16.7 Å². The molecule has 0 unspecified atom stereocenters. The third kappa shape index (κ3) is 1.60. The summed E-state index contributed by atoms with van der Waals surface area (Å²) in [5, 5.41) is 17.5. The summed E-state index contributed by atoms with van der Waals surface area (Å²) in [6, 6.07) is 8.37. The first-order valence-corrected chi connectivity index (χ1v) is 6.10. The van der Waals surface area contributed by atoms with Crippen LogP contribution in [0.15, 0.2) is 24.4 Å². The number of hydrogen-bond acceptors (Lipinski definition) is 3. The van der Waals surface area contributed by atoms with Crippen molar-refractivity contribution in [2.45, 2.75) is 31.1 Å². The highest BCUT2D eigenvalue weighted by atomic mass is 16.1. The lowest BCUT2D eigenvalue weighted by molar-refractivity contribution is -0.120. The molecular weight excluding hydrogens is 226 g/mol. The number of aromatic amines is 1. The van der Waals surface area contributed by atoms with E-state index in [0.29, 0.717) is 25.7 Å². The third-order valence-corrected chi connectivity index (χ3v) is 3.87. The van der Waals surface area contributed by atoms with Gasteiger partial charge in [-0.05, 0) is 24.5 Å². The summed E-state index contributed by atoms with van der Waals surface area (Å²) < 4.78 is 0. The first-order chi connectivity index (χ1) is 8.73. The Morgan fingerprint density at radius 2 is 2.11 bits per heavy atom. The molecule has 4 heteroatoms. The molecule has 3 rings (SSSR count). The lowest BCUT2D eigenvalue weighted by atomic mass is 9.70. The smallest absolute Gasteiger partial charge is 0.133 e. The average Bonchev–Trinajstić information content (AvgIpc) is 2.87. The Morgan fingerprint density at radius 1 is 1.33 bits per heavy atom. The molecule has 0 bridgehead atoms. The summed E-state index contributed by atoms with van der Waals surface area (Å²) >= 11 is 0. The van der Waals surface area contributed by atoms with Crippen molar-refractivity contribution in [2.75, 3.05) is 0 Å². The van der Waals surface area contributed by atoms with Crippen LogP contribution in [-0.2, 0) is 10.2 Å². The van der Waals surface area contributed by atoms with E-state index >= 15 is 0 Å². The highest BCUT2D eigenvalue weighted by Crippen LogP contribution is 2.38. The van der Waals surface area contributed by atoms with Crippen molar-refractivity contribution in [3.63, 3.8) is 0 Å². The van der Waals surface area contributed by atoms with Gasteiger partial charge in [0.1, 0.15) is 5.78 Å². The molecule has 1 heterocycles. The van der Waals surface area contributed by atoms with Gasteiger partial charge in [-0.25, -0.2) is 0 Å². The number of H-pyrrole nitrogens is 1. The Morgan fingerprint density at radius 3 is 2.83 bits per heavy atom. The number of rotatable bonds is 1. The molecule has 1 fully saturated rings. The maximum absolute atomic E-state index is 11.3. The molecule has 90 valence electrons. The molecule has 1 saturated carbocycles. The molecule has 0 radical (unpaired) electrons. The van der Waals surface area contributed by atoms with Gasteiger partial charge in [0, 0.05) is 18.2 Å². The van der Waals surface area contributed by atoms with Crippen molar-refractivity contribution in [1.29, 1.82) is 5.26 Å². The zero-order valence-electron chi connectivity index (χ0n) is 9.94. The van der Waals surface area contributed by atoms with Gasteiger partial charge in [-0.15, -0.1) is 0 Å². The van der Waals surface area contributed by atoms with Crippen molar-refractivity contribution in [3.05, 3.63) is 30.0 Å². The van der Waals surface area contributed by atoms with Crippen LogP contribution in [0.2, 0.25) is 0 Å². The lowest BCUT2D eigenvalue weighted by Crippen LogP contribution is -2.30. The first-order valence-electron chi connectivity index (χ1n) is 6.10. The number of benzene rings is 1. The first kappa shape index (κ1) is 11.0. The molecule has 0 saturated heterocycles. The van der Waals surface area contributed by atoms with Crippen LogP contribution in [0.3, 0.4) is 0 Å². The minimum atomic E-state index is -0.507. The van der Waals surface area contributed by atoms with E-state index in [4.69, 9.17) is 0 Å². The molecule has 1 aliphatic carbocycles. The summed E-state index contributed by atoms with van der Waals surface area (Å²) in [6.45, 7) is 0. The summed E-state index contributed by atoms with van der Waals surface area (Å²) in [4.78, 5) is 11.3. The zero-order valence-corrected chi connectivity index (χ0v) is 9.94. The highest BCUT2D eigenvalue weighted by Gasteiger charge is 2.36. The molecule has 1 N–H and O–H groups in total. The van der Waals surface area contributed by atoms with Crippen LogP contribution in [0.5, 0.6) is 0 Å². The topological polar surface area (TPSA) is 69.5 Å². The minimum absolute atomic E-state index is 0.267. The number of carbonyl (C=O) groups is 1. The Kier molecular flexibility index (Phi) is 2.41. The quantitative estimate of drug-likeness (QED) is 0.831. The van der Waals surface area contributed by atoms with Crippen LogP contribution in [-0.4, -0.2) is 16.0 Å². The van der Waals surface area contributed by atoms with Gasteiger partial charge in [-0.2, -0.15) is 10.4 Å². The number of nitrogens with one attached hydrogen (secondary N) is 1. The molecule has 4 nitrogen and oxygen atoms in total. The van der Waals surface area contributed by atoms with Gasteiger partial charge in [0.05, 0.1) is 23.2 Å². The zero-order chi connectivity index (χ0) is 12.6. The van der Waals surface area contributed by atoms with Crippen molar-refractivity contribution < 1.29 is 4.79 Å². The van der Waals surface area contributed by atoms with E-state index in [9.17, 15) is 10.1 Å². The van der Waals surface area contributed by atoms with E-state index < -0.39 is 5.41 Å². The molecule has 1 aliphatic rings. The number of aromatic nitrogens is 2. The Hall–Kier alpha value is -2.15. The Bertz CT molecular complexity index is 640. The predicted molar refractivity (Wildman–Crippen MR) is 66.9 cm³/mol. The maximum atomic E-state index is 11.3. The molecule has 2 aromatic rings. The van der Waals surface area contributed by atoms with Crippen molar-refractivity contribution in [2.24, 2.45) is 0 Å². The summed E-state index contributed by atoms with van der Waals surface area (Å²) in [6.07, 6.45) is 4.04. The van der Waals surface area contributed by atoms with Crippen LogP contribution in [0, 0.1) is 11.3 Å². The van der Waals surface area contributed by atoms with E-state index in [1.807, 2.05) is 18.2 Å². The molecule has 0 amide bonds. The van der Waals surface area contributed by atoms with Crippen molar-refractivity contribution in [1.82, 2.24) is 10.2 Å². The molecule has 1 aromatic heterocycles. The molecule has 18 heavy (non-hydrogen) atoms. The highest BCUT2D eigenvalue weighted by molar-refractivity contribution is 5.81. The largest absolute Gasteiger partial charge is 0.300 e. The number of hydrogen-bond donors (Lipinski definition) is 1. The Balaban J connectivity index is 2.05. The number of nitrogens with zero attached hydrogens (tertiary/aromatic N) is 2. The number of nitriles is 1. The summed E-state index contributed by atoms with van der Waals surface area (Å²) in [5.41, 5.74) is 1.43. The second-order valence-electron chi connectivity index (χ2n) is 4.90. The van der Waals surface area contributed by atoms with E-state index in [2.05, 4.69) is 16.3 Å². The van der Waals surface area contributed by atoms with Gasteiger partial charge < -0.3 is 0 Å². The number of fused-ring (bicyclic) bond motifs is 1. The van der Waals surface area contributed by atoms with Crippen LogP contribution in [0.1, 0.15) is 31.2 Å². The van der Waals surface area contributed by atoms with E-state index in [1.54, 1.807) is 6.20 Å². The molecular formula is C14H13N3O. The molecule has 1 aromatic carbocycles. The van der Waals surface area contributed by atoms with Gasteiger partial charge in [0.15, 0.2) is 0 Å². The lowest BCUT2D eigenvalue weighted by Gasteiger charge is -2.30. The van der Waals surface area contributed by atoms with Gasteiger partial charge in [0.2, 0.25) is 0 Å². The summed E-state index contributed by atoms with van der Waals surface area (Å²) in [5.74, 6) is 0.267. The van der Waals surface area contributed by atoms with Gasteiger partial charge in [0.25, 0.3) is 0 Å². The van der Waals surface area contributed by atoms with Crippen LogP contribution in [0.4, 0.5) is 0 Å². The second kappa shape index (κ2) is 3.95. The van der Waals surface area contributed by atoms with Crippen molar-refractivity contribution in [3.8, 4) is 6.07 Å². The second-order valence-corrected chi connectivity index (χ2v) is 4.90. The van der Waals surface area contributed by atoms with Crippen LogP contribution in [0.25, 0.3) is 10.9 Å². The van der Waals surface area contributed by atoms with Crippen LogP contribution < -0.4 is 0 Å². The molecule has 0 atom stereocenters. The Labute approximate surface area is 105 Å². The molecule has 0 spiro atoms.